The molecule has 0 saturated heterocycles. The number of alkyl halides is 3. The highest BCUT2D eigenvalue weighted by atomic mass is 32.2. The maximum absolute atomic E-state index is 12.2. The van der Waals surface area contributed by atoms with Crippen LogP contribution in [0.25, 0.3) is 11.0 Å². The number of aromatic nitrogens is 3. The summed E-state index contributed by atoms with van der Waals surface area (Å²) in [6.07, 6.45) is 3.01. The number of thioether (sulfide) groups is 2. The van der Waals surface area contributed by atoms with Crippen molar-refractivity contribution in [2.24, 2.45) is 0 Å². The van der Waals surface area contributed by atoms with Crippen LogP contribution < -0.4 is 0 Å². The third-order valence-corrected chi connectivity index (χ3v) is 4.10. The molecule has 0 aliphatic rings. The minimum absolute atomic E-state index is 0.0899. The summed E-state index contributed by atoms with van der Waals surface area (Å²) in [6, 6.07) is 1.64. The number of fused-ring (bicyclic) bond motifs is 1. The fourth-order valence-corrected chi connectivity index (χ4v) is 2.93. The van der Waals surface area contributed by atoms with E-state index in [0.717, 1.165) is 11.8 Å². The van der Waals surface area contributed by atoms with Crippen molar-refractivity contribution in [2.45, 2.75) is 17.2 Å². The second kappa shape index (κ2) is 6.56. The number of nitrogens with zero attached hydrogens (tertiary/aromatic N) is 3. The number of imidazole rings is 1. The van der Waals surface area contributed by atoms with Crippen molar-refractivity contribution >= 4 is 40.5 Å². The Morgan fingerprint density at radius 2 is 2.19 bits per heavy atom. The molecule has 2 aromatic rings. The maximum atomic E-state index is 12.2. The minimum atomic E-state index is -4.29. The van der Waals surface area contributed by atoms with Crippen LogP contribution in [0.15, 0.2) is 23.6 Å². The van der Waals surface area contributed by atoms with Gasteiger partial charge in [-0.3, -0.25) is 9.78 Å². The zero-order chi connectivity index (χ0) is 15.5. The number of aryl methyl sites for hydroxylation is 1. The molecule has 0 amide bonds. The van der Waals surface area contributed by atoms with Gasteiger partial charge in [0.25, 0.3) is 0 Å². The SMILES string of the molecule is O=C(O)CSc1nc2cnccc2n1CCSC(F)(F)F. The molecule has 0 aliphatic carbocycles. The average molecular weight is 337 g/mol. The van der Waals surface area contributed by atoms with E-state index < -0.39 is 11.5 Å². The van der Waals surface area contributed by atoms with Crippen molar-refractivity contribution in [3.8, 4) is 0 Å². The number of halogens is 3. The van der Waals surface area contributed by atoms with Crippen molar-refractivity contribution in [3.05, 3.63) is 18.5 Å². The van der Waals surface area contributed by atoms with Gasteiger partial charge >= 0.3 is 11.5 Å². The van der Waals surface area contributed by atoms with Gasteiger partial charge in [0.1, 0.15) is 5.52 Å². The molecule has 0 aromatic carbocycles. The summed E-state index contributed by atoms with van der Waals surface area (Å²) in [5.74, 6) is -1.39. The van der Waals surface area contributed by atoms with Gasteiger partial charge in [0.15, 0.2) is 5.16 Å². The quantitative estimate of drug-likeness (QED) is 0.818. The molecule has 2 rings (SSSR count). The molecule has 0 unspecified atom stereocenters. The van der Waals surface area contributed by atoms with Gasteiger partial charge in [-0.2, -0.15) is 13.2 Å². The van der Waals surface area contributed by atoms with Crippen LogP contribution in [0, 0.1) is 0 Å². The summed E-state index contributed by atoms with van der Waals surface area (Å²) in [4.78, 5) is 18.7. The topological polar surface area (TPSA) is 68.0 Å². The van der Waals surface area contributed by atoms with Gasteiger partial charge < -0.3 is 9.67 Å². The van der Waals surface area contributed by atoms with Crippen LogP contribution >= 0.6 is 23.5 Å². The van der Waals surface area contributed by atoms with Crippen LogP contribution in [0.3, 0.4) is 0 Å². The third-order valence-electron chi connectivity index (χ3n) is 2.42. The van der Waals surface area contributed by atoms with E-state index in [1.54, 1.807) is 10.6 Å². The summed E-state index contributed by atoms with van der Waals surface area (Å²) in [6.45, 7) is 0.0899. The molecule has 0 bridgehead atoms. The highest BCUT2D eigenvalue weighted by Crippen LogP contribution is 2.31. The molecule has 0 atom stereocenters. The zero-order valence-electron chi connectivity index (χ0n) is 10.5. The predicted octanol–water partition coefficient (Wildman–Crippen LogP) is 2.86. The molecule has 0 spiro atoms. The van der Waals surface area contributed by atoms with Gasteiger partial charge in [0.2, 0.25) is 0 Å². The van der Waals surface area contributed by atoms with E-state index >= 15 is 0 Å². The van der Waals surface area contributed by atoms with Crippen LogP contribution in [0.4, 0.5) is 13.2 Å². The van der Waals surface area contributed by atoms with Gasteiger partial charge in [0.05, 0.1) is 17.5 Å². The van der Waals surface area contributed by atoms with Crippen molar-refractivity contribution in [1.82, 2.24) is 14.5 Å². The first-order valence-corrected chi connectivity index (χ1v) is 7.69. The van der Waals surface area contributed by atoms with Crippen molar-refractivity contribution < 1.29 is 23.1 Å². The van der Waals surface area contributed by atoms with E-state index in [9.17, 15) is 18.0 Å². The molecule has 2 heterocycles. The largest absolute Gasteiger partial charge is 0.481 e. The molecule has 21 heavy (non-hydrogen) atoms. The summed E-state index contributed by atoms with van der Waals surface area (Å²) in [5, 5.41) is 9.08. The van der Waals surface area contributed by atoms with E-state index in [2.05, 4.69) is 9.97 Å². The Hall–Kier alpha value is -1.42. The van der Waals surface area contributed by atoms with Crippen LogP contribution in [-0.4, -0.2) is 42.6 Å². The molecule has 2 aromatic heterocycles. The first-order chi connectivity index (χ1) is 9.87. The number of carboxylic acids is 1. The molecule has 0 aliphatic heterocycles. The molecule has 5 nitrogen and oxygen atoms in total. The first kappa shape index (κ1) is 16.0. The molecule has 10 heteroatoms. The number of hydrogen-bond donors (Lipinski definition) is 1. The Morgan fingerprint density at radius 3 is 2.86 bits per heavy atom. The van der Waals surface area contributed by atoms with Gasteiger partial charge in [-0.05, 0) is 17.8 Å². The smallest absolute Gasteiger partial charge is 0.441 e. The molecule has 0 radical (unpaired) electrons. The number of hydrogen-bond acceptors (Lipinski definition) is 5. The second-order valence-corrected chi connectivity index (χ2v) is 5.99. The lowest BCUT2D eigenvalue weighted by atomic mass is 10.4. The van der Waals surface area contributed by atoms with E-state index in [0.29, 0.717) is 16.2 Å². The summed E-state index contributed by atoms with van der Waals surface area (Å²) < 4.78 is 38.2. The number of carboxylic acid groups (broad SMARTS) is 1. The van der Waals surface area contributed by atoms with E-state index in [1.807, 2.05) is 0 Å². The van der Waals surface area contributed by atoms with E-state index in [1.165, 1.54) is 12.4 Å². The molecule has 1 N–H and O–H groups in total. The highest BCUT2D eigenvalue weighted by Gasteiger charge is 2.27. The monoisotopic (exact) mass is 337 g/mol. The van der Waals surface area contributed by atoms with Crippen molar-refractivity contribution in [1.29, 1.82) is 0 Å². The minimum Gasteiger partial charge on any atom is -0.481 e. The molecular formula is C11H10F3N3O2S2. The standard InChI is InChI=1S/C11H10F3N3O2S2/c12-11(13,14)21-4-3-17-8-1-2-15-5-7(8)16-10(17)20-6-9(18)19/h1-2,5H,3-4,6H2,(H,18,19). The number of pyridine rings is 1. The van der Waals surface area contributed by atoms with Gasteiger partial charge in [-0.25, -0.2) is 4.98 Å². The Bertz CT molecular complexity index is 645. The van der Waals surface area contributed by atoms with E-state index in [4.69, 9.17) is 5.11 Å². The third kappa shape index (κ3) is 4.53. The Kier molecular flexibility index (Phi) is 4.99. The lowest BCUT2D eigenvalue weighted by Crippen LogP contribution is -2.08. The maximum Gasteiger partial charge on any atom is 0.441 e. The predicted molar refractivity (Wildman–Crippen MR) is 74.4 cm³/mol. The number of rotatable bonds is 6. The second-order valence-electron chi connectivity index (χ2n) is 3.89. The Balaban J connectivity index is 2.21. The van der Waals surface area contributed by atoms with Crippen molar-refractivity contribution in [2.75, 3.05) is 11.5 Å². The lowest BCUT2D eigenvalue weighted by Gasteiger charge is -2.09. The number of carbonyl (C=O) groups is 1. The lowest BCUT2D eigenvalue weighted by molar-refractivity contribution is -0.133. The molecule has 114 valence electrons. The van der Waals surface area contributed by atoms with Crippen LogP contribution in [0.2, 0.25) is 0 Å². The zero-order valence-corrected chi connectivity index (χ0v) is 12.1. The van der Waals surface area contributed by atoms with Crippen LogP contribution in [0.1, 0.15) is 0 Å². The van der Waals surface area contributed by atoms with Crippen LogP contribution in [-0.2, 0) is 11.3 Å². The average Bonchev–Trinajstić information content (AvgIpc) is 2.73. The summed E-state index contributed by atoms with van der Waals surface area (Å²) >= 11 is 0.856. The van der Waals surface area contributed by atoms with Gasteiger partial charge in [-0.15, -0.1) is 0 Å². The normalized spacial score (nSPS) is 12.0. The van der Waals surface area contributed by atoms with Crippen molar-refractivity contribution in [3.63, 3.8) is 0 Å². The Labute approximate surface area is 125 Å². The first-order valence-electron chi connectivity index (χ1n) is 5.72. The fourth-order valence-electron chi connectivity index (χ4n) is 1.66. The fraction of sp³-hybridized carbons (Fsp3) is 0.364. The van der Waals surface area contributed by atoms with E-state index in [-0.39, 0.29) is 29.8 Å². The van der Waals surface area contributed by atoms with Gasteiger partial charge in [0, 0.05) is 18.5 Å². The molecule has 0 fully saturated rings. The molecule has 0 saturated carbocycles. The van der Waals surface area contributed by atoms with Crippen LogP contribution in [0.5, 0.6) is 0 Å². The summed E-state index contributed by atoms with van der Waals surface area (Å²) in [5.41, 5.74) is -3.12. The highest BCUT2D eigenvalue weighted by molar-refractivity contribution is 8.00. The molecular weight excluding hydrogens is 327 g/mol. The summed E-state index contributed by atoms with van der Waals surface area (Å²) in [7, 11) is 0. The van der Waals surface area contributed by atoms with Gasteiger partial charge in [-0.1, -0.05) is 11.8 Å². The number of aliphatic carboxylic acids is 1. The Morgan fingerprint density at radius 1 is 1.43 bits per heavy atom.